The maximum atomic E-state index is 12.8. The fourth-order valence-electron chi connectivity index (χ4n) is 2.04. The molecular weight excluding hydrogens is 247 g/mol. The summed E-state index contributed by atoms with van der Waals surface area (Å²) in [6.45, 7) is 0.377. The highest BCUT2D eigenvalue weighted by Crippen LogP contribution is 2.38. The Morgan fingerprint density at radius 2 is 2.11 bits per heavy atom. The average Bonchev–Trinajstić information content (AvgIpc) is 2.74. The number of carbonyl (C=O) groups excluding carboxylic acids is 1. The lowest BCUT2D eigenvalue weighted by atomic mass is 9.96. The minimum absolute atomic E-state index is 0.135. The maximum absolute atomic E-state index is 12.8. The van der Waals surface area contributed by atoms with Crippen LogP contribution in [0, 0.1) is 0 Å². The quantitative estimate of drug-likeness (QED) is 0.885. The van der Waals surface area contributed by atoms with Gasteiger partial charge in [0.15, 0.2) is 0 Å². The molecule has 1 aromatic rings. The molecule has 98 valence electrons. The molecule has 2 rings (SSSR count). The number of nitrogens with one attached hydrogen (secondary N) is 1. The lowest BCUT2D eigenvalue weighted by Crippen LogP contribution is -2.14. The van der Waals surface area contributed by atoms with Crippen molar-refractivity contribution in [2.75, 3.05) is 13.7 Å². The van der Waals surface area contributed by atoms with E-state index in [1.165, 1.54) is 13.2 Å². The van der Waals surface area contributed by atoms with Crippen molar-refractivity contribution in [3.63, 3.8) is 0 Å². The number of benzene rings is 1. The first-order valence-corrected chi connectivity index (χ1v) is 5.43. The van der Waals surface area contributed by atoms with Crippen LogP contribution in [-0.2, 0) is 11.0 Å². The molecule has 3 nitrogen and oxygen atoms in total. The van der Waals surface area contributed by atoms with Crippen molar-refractivity contribution in [2.24, 2.45) is 0 Å². The number of carbonyl (C=O) groups is 1. The third-order valence-corrected chi connectivity index (χ3v) is 2.98. The predicted octanol–water partition coefficient (Wildman–Crippen LogP) is 2.32. The van der Waals surface area contributed by atoms with Crippen LogP contribution in [-0.4, -0.2) is 19.6 Å². The summed E-state index contributed by atoms with van der Waals surface area (Å²) in [6.07, 6.45) is -4.24. The summed E-state index contributed by atoms with van der Waals surface area (Å²) < 4.78 is 43.2. The molecule has 1 saturated heterocycles. The minimum Gasteiger partial charge on any atom is -0.496 e. The van der Waals surface area contributed by atoms with Gasteiger partial charge in [-0.2, -0.15) is 13.2 Å². The molecule has 0 radical (unpaired) electrons. The highest BCUT2D eigenvalue weighted by molar-refractivity contribution is 5.79. The van der Waals surface area contributed by atoms with Gasteiger partial charge in [-0.25, -0.2) is 0 Å². The topological polar surface area (TPSA) is 38.3 Å². The van der Waals surface area contributed by atoms with Crippen LogP contribution in [0.2, 0.25) is 0 Å². The standard InChI is InChI=1S/C12H12F3NO2/c1-18-10-3-2-7(4-9(10)12(13,14)15)8-5-11(17)16-6-8/h2-4,8H,5-6H2,1H3,(H,16,17). The highest BCUT2D eigenvalue weighted by Gasteiger charge is 2.35. The lowest BCUT2D eigenvalue weighted by Gasteiger charge is -2.15. The number of ether oxygens (including phenoxy) is 1. The smallest absolute Gasteiger partial charge is 0.419 e. The second-order valence-corrected chi connectivity index (χ2v) is 4.16. The zero-order chi connectivity index (χ0) is 13.3. The van der Waals surface area contributed by atoms with E-state index in [9.17, 15) is 18.0 Å². The van der Waals surface area contributed by atoms with Gasteiger partial charge in [-0.1, -0.05) is 6.07 Å². The Morgan fingerprint density at radius 3 is 2.61 bits per heavy atom. The summed E-state index contributed by atoms with van der Waals surface area (Å²) in [5, 5.41) is 2.60. The Labute approximate surface area is 102 Å². The van der Waals surface area contributed by atoms with E-state index >= 15 is 0 Å². The monoisotopic (exact) mass is 259 g/mol. The van der Waals surface area contributed by atoms with E-state index in [1.807, 2.05) is 0 Å². The Balaban J connectivity index is 2.37. The maximum Gasteiger partial charge on any atom is 0.419 e. The average molecular weight is 259 g/mol. The van der Waals surface area contributed by atoms with E-state index in [0.29, 0.717) is 12.1 Å². The van der Waals surface area contributed by atoms with E-state index in [2.05, 4.69) is 5.32 Å². The van der Waals surface area contributed by atoms with E-state index in [-0.39, 0.29) is 24.0 Å². The number of methoxy groups -OCH3 is 1. The van der Waals surface area contributed by atoms with Gasteiger partial charge >= 0.3 is 6.18 Å². The second-order valence-electron chi connectivity index (χ2n) is 4.16. The van der Waals surface area contributed by atoms with Crippen LogP contribution in [0.1, 0.15) is 23.5 Å². The molecule has 6 heteroatoms. The first kappa shape index (κ1) is 12.7. The molecule has 1 aromatic carbocycles. The van der Waals surface area contributed by atoms with Crippen LogP contribution >= 0.6 is 0 Å². The van der Waals surface area contributed by atoms with Crippen LogP contribution < -0.4 is 10.1 Å². The van der Waals surface area contributed by atoms with Gasteiger partial charge < -0.3 is 10.1 Å². The van der Waals surface area contributed by atoms with Crippen molar-refractivity contribution in [2.45, 2.75) is 18.5 Å². The van der Waals surface area contributed by atoms with E-state index < -0.39 is 11.7 Å². The van der Waals surface area contributed by atoms with Crippen molar-refractivity contribution in [1.29, 1.82) is 0 Å². The van der Waals surface area contributed by atoms with Gasteiger partial charge in [0.2, 0.25) is 5.91 Å². The van der Waals surface area contributed by atoms with Gasteiger partial charge in [-0.3, -0.25) is 4.79 Å². The fourth-order valence-corrected chi connectivity index (χ4v) is 2.04. The van der Waals surface area contributed by atoms with Gasteiger partial charge in [0, 0.05) is 18.9 Å². The second kappa shape index (κ2) is 4.51. The van der Waals surface area contributed by atoms with Crippen LogP contribution in [0.3, 0.4) is 0 Å². The molecule has 1 amide bonds. The van der Waals surface area contributed by atoms with Crippen LogP contribution in [0.4, 0.5) is 13.2 Å². The number of amides is 1. The Hall–Kier alpha value is -1.72. The number of rotatable bonds is 2. The molecular formula is C12H12F3NO2. The molecule has 0 spiro atoms. The van der Waals surface area contributed by atoms with Crippen molar-refractivity contribution in [3.8, 4) is 5.75 Å². The van der Waals surface area contributed by atoms with E-state index in [0.717, 1.165) is 6.07 Å². The van der Waals surface area contributed by atoms with Crippen molar-refractivity contribution < 1.29 is 22.7 Å². The van der Waals surface area contributed by atoms with Gasteiger partial charge in [0.05, 0.1) is 12.7 Å². The number of hydrogen-bond donors (Lipinski definition) is 1. The number of hydrogen-bond acceptors (Lipinski definition) is 2. The molecule has 1 atom stereocenters. The predicted molar refractivity (Wildman–Crippen MR) is 58.4 cm³/mol. The van der Waals surface area contributed by atoms with Crippen molar-refractivity contribution >= 4 is 5.91 Å². The Morgan fingerprint density at radius 1 is 1.39 bits per heavy atom. The summed E-state index contributed by atoms with van der Waals surface area (Å²) >= 11 is 0. The Kier molecular flexibility index (Phi) is 3.19. The van der Waals surface area contributed by atoms with Crippen molar-refractivity contribution in [3.05, 3.63) is 29.3 Å². The first-order chi connectivity index (χ1) is 8.41. The zero-order valence-corrected chi connectivity index (χ0v) is 9.67. The van der Waals surface area contributed by atoms with Crippen LogP contribution in [0.5, 0.6) is 5.75 Å². The van der Waals surface area contributed by atoms with E-state index in [1.54, 1.807) is 6.07 Å². The van der Waals surface area contributed by atoms with E-state index in [4.69, 9.17) is 4.74 Å². The third-order valence-electron chi connectivity index (χ3n) is 2.98. The lowest BCUT2D eigenvalue weighted by molar-refractivity contribution is -0.138. The summed E-state index contributed by atoms with van der Waals surface area (Å²) in [4.78, 5) is 11.1. The highest BCUT2D eigenvalue weighted by atomic mass is 19.4. The largest absolute Gasteiger partial charge is 0.496 e. The molecule has 1 aliphatic heterocycles. The van der Waals surface area contributed by atoms with Gasteiger partial charge in [-0.15, -0.1) is 0 Å². The zero-order valence-electron chi connectivity index (χ0n) is 9.67. The number of halogens is 3. The molecule has 0 bridgehead atoms. The SMILES string of the molecule is COc1ccc(C2CNC(=O)C2)cc1C(F)(F)F. The summed E-state index contributed by atoms with van der Waals surface area (Å²) in [5.74, 6) is -0.544. The van der Waals surface area contributed by atoms with Gasteiger partial charge in [-0.05, 0) is 17.7 Å². The molecule has 18 heavy (non-hydrogen) atoms. The summed E-state index contributed by atoms with van der Waals surface area (Å²) in [5.41, 5.74) is -0.302. The fraction of sp³-hybridized carbons (Fsp3) is 0.417. The van der Waals surface area contributed by atoms with Crippen molar-refractivity contribution in [1.82, 2.24) is 5.32 Å². The molecule has 1 unspecified atom stereocenters. The molecule has 1 N–H and O–H groups in total. The van der Waals surface area contributed by atoms with Crippen LogP contribution in [0.15, 0.2) is 18.2 Å². The minimum atomic E-state index is -4.46. The third kappa shape index (κ3) is 2.42. The Bertz CT molecular complexity index is 471. The molecule has 1 aliphatic rings. The molecule has 1 fully saturated rings. The molecule has 0 aliphatic carbocycles. The van der Waals surface area contributed by atoms with Crippen LogP contribution in [0.25, 0.3) is 0 Å². The molecule has 0 aromatic heterocycles. The molecule has 0 saturated carbocycles. The number of alkyl halides is 3. The normalized spacial score (nSPS) is 19.8. The van der Waals surface area contributed by atoms with Gasteiger partial charge in [0.25, 0.3) is 0 Å². The summed E-state index contributed by atoms with van der Waals surface area (Å²) in [7, 11) is 1.20. The summed E-state index contributed by atoms with van der Waals surface area (Å²) in [6, 6.07) is 3.92. The molecule has 1 heterocycles. The first-order valence-electron chi connectivity index (χ1n) is 5.43. The van der Waals surface area contributed by atoms with Gasteiger partial charge in [0.1, 0.15) is 5.75 Å².